The average Bonchev–Trinajstić information content (AvgIpc) is 3.07. The third-order valence-electron chi connectivity index (χ3n) is 5.69. The van der Waals surface area contributed by atoms with E-state index in [4.69, 9.17) is 0 Å². The van der Waals surface area contributed by atoms with Crippen molar-refractivity contribution in [3.05, 3.63) is 65.1 Å². The molecule has 1 aliphatic heterocycles. The van der Waals surface area contributed by atoms with Crippen molar-refractivity contribution in [1.82, 2.24) is 9.29 Å². The minimum Gasteiger partial charge on any atom is -0.361 e. The lowest BCUT2D eigenvalue weighted by Crippen LogP contribution is -2.37. The molecule has 0 amide bonds. The van der Waals surface area contributed by atoms with Gasteiger partial charge in [-0.2, -0.15) is 4.31 Å². The van der Waals surface area contributed by atoms with Crippen molar-refractivity contribution in [2.45, 2.75) is 37.5 Å². The standard InChI is InChI=1S/C21H23FN2O2S/c1-14-3-5-18(11-15(14)2)27(25,26)24-9-7-16(8-10-24)20-13-23-21-6-4-17(22)12-19(20)21/h3-6,11-13,16,23H,7-10H2,1-2H3. The first-order valence-electron chi connectivity index (χ1n) is 9.20. The number of rotatable bonds is 3. The molecular formula is C21H23FN2O2S. The summed E-state index contributed by atoms with van der Waals surface area (Å²) in [4.78, 5) is 3.55. The first kappa shape index (κ1) is 18.2. The van der Waals surface area contributed by atoms with Gasteiger partial charge >= 0.3 is 0 Å². The molecule has 1 N–H and O–H groups in total. The van der Waals surface area contributed by atoms with E-state index in [1.54, 1.807) is 28.6 Å². The first-order valence-corrected chi connectivity index (χ1v) is 10.6. The van der Waals surface area contributed by atoms with Gasteiger partial charge in [0.15, 0.2) is 0 Å². The maximum atomic E-state index is 13.6. The lowest BCUT2D eigenvalue weighted by molar-refractivity contribution is 0.320. The summed E-state index contributed by atoms with van der Waals surface area (Å²) in [5.74, 6) is -0.0233. The Balaban J connectivity index is 1.54. The van der Waals surface area contributed by atoms with Crippen LogP contribution < -0.4 is 0 Å². The molecule has 142 valence electrons. The van der Waals surface area contributed by atoms with Gasteiger partial charge in [0, 0.05) is 30.2 Å². The average molecular weight is 386 g/mol. The molecule has 0 atom stereocenters. The van der Waals surface area contributed by atoms with Crippen LogP contribution in [0.3, 0.4) is 0 Å². The van der Waals surface area contributed by atoms with Crippen LogP contribution in [0, 0.1) is 19.7 Å². The van der Waals surface area contributed by atoms with E-state index in [0.29, 0.717) is 18.0 Å². The minimum absolute atomic E-state index is 0.228. The van der Waals surface area contributed by atoms with Crippen LogP contribution in [0.2, 0.25) is 0 Å². The molecule has 6 heteroatoms. The zero-order chi connectivity index (χ0) is 19.2. The molecule has 1 saturated heterocycles. The smallest absolute Gasteiger partial charge is 0.243 e. The lowest BCUT2D eigenvalue weighted by Gasteiger charge is -2.31. The van der Waals surface area contributed by atoms with E-state index in [2.05, 4.69) is 4.98 Å². The molecule has 4 nitrogen and oxygen atoms in total. The molecule has 0 radical (unpaired) electrons. The Hall–Kier alpha value is -2.18. The Morgan fingerprint density at radius 3 is 2.48 bits per heavy atom. The quantitative estimate of drug-likeness (QED) is 0.721. The van der Waals surface area contributed by atoms with Crippen LogP contribution in [0.5, 0.6) is 0 Å². The monoisotopic (exact) mass is 386 g/mol. The van der Waals surface area contributed by atoms with Crippen molar-refractivity contribution < 1.29 is 12.8 Å². The summed E-state index contributed by atoms with van der Waals surface area (Å²) in [6.07, 6.45) is 3.39. The Labute approximate surface area is 159 Å². The fourth-order valence-corrected chi connectivity index (χ4v) is 5.44. The topological polar surface area (TPSA) is 53.2 Å². The molecule has 3 aromatic rings. The Morgan fingerprint density at radius 1 is 1.04 bits per heavy atom. The van der Waals surface area contributed by atoms with E-state index in [1.165, 1.54) is 6.07 Å². The second-order valence-corrected chi connectivity index (χ2v) is 9.30. The van der Waals surface area contributed by atoms with Crippen molar-refractivity contribution in [2.24, 2.45) is 0 Å². The molecule has 4 rings (SSSR count). The van der Waals surface area contributed by atoms with Gasteiger partial charge < -0.3 is 4.98 Å². The first-order chi connectivity index (χ1) is 12.9. The van der Waals surface area contributed by atoms with Gasteiger partial charge in [0.25, 0.3) is 0 Å². The Morgan fingerprint density at radius 2 is 1.78 bits per heavy atom. The zero-order valence-corrected chi connectivity index (χ0v) is 16.3. The maximum absolute atomic E-state index is 13.6. The molecule has 0 spiro atoms. The molecule has 0 aliphatic carbocycles. The highest BCUT2D eigenvalue weighted by Crippen LogP contribution is 2.35. The molecule has 2 aromatic carbocycles. The molecule has 1 fully saturated rings. The van der Waals surface area contributed by atoms with Crippen LogP contribution in [0.15, 0.2) is 47.5 Å². The van der Waals surface area contributed by atoms with Gasteiger partial charge in [0.1, 0.15) is 5.82 Å². The van der Waals surface area contributed by atoms with Crippen molar-refractivity contribution >= 4 is 20.9 Å². The number of aromatic amines is 1. The predicted molar refractivity (Wildman–Crippen MR) is 105 cm³/mol. The molecule has 0 saturated carbocycles. The number of H-pyrrole nitrogens is 1. The molecule has 0 unspecified atom stereocenters. The normalized spacial score (nSPS) is 16.9. The number of fused-ring (bicyclic) bond motifs is 1. The summed E-state index contributed by atoms with van der Waals surface area (Å²) in [5.41, 5.74) is 4.05. The van der Waals surface area contributed by atoms with Crippen LogP contribution in [0.4, 0.5) is 4.39 Å². The highest BCUT2D eigenvalue weighted by Gasteiger charge is 2.31. The number of nitrogens with one attached hydrogen (secondary N) is 1. The van der Waals surface area contributed by atoms with E-state index >= 15 is 0 Å². The number of sulfonamides is 1. The number of aromatic nitrogens is 1. The number of hydrogen-bond donors (Lipinski definition) is 1. The third-order valence-corrected chi connectivity index (χ3v) is 7.58. The number of halogens is 1. The molecule has 1 aromatic heterocycles. The summed E-state index contributed by atoms with van der Waals surface area (Å²) < 4.78 is 41.1. The third kappa shape index (κ3) is 3.28. The second-order valence-electron chi connectivity index (χ2n) is 7.36. The molecular weight excluding hydrogens is 363 g/mol. The molecule has 27 heavy (non-hydrogen) atoms. The van der Waals surface area contributed by atoms with E-state index in [9.17, 15) is 12.8 Å². The summed E-state index contributed by atoms with van der Waals surface area (Å²) >= 11 is 0. The van der Waals surface area contributed by atoms with Gasteiger partial charge in [-0.1, -0.05) is 6.07 Å². The van der Waals surface area contributed by atoms with Gasteiger partial charge in [0.05, 0.1) is 4.90 Å². The highest BCUT2D eigenvalue weighted by atomic mass is 32.2. The number of benzene rings is 2. The number of hydrogen-bond acceptors (Lipinski definition) is 2. The SMILES string of the molecule is Cc1ccc(S(=O)(=O)N2CCC(c3c[nH]c4ccc(F)cc34)CC2)cc1C. The van der Waals surface area contributed by atoms with E-state index in [1.807, 2.05) is 26.1 Å². The summed E-state index contributed by atoms with van der Waals surface area (Å²) in [6, 6.07) is 10.0. The lowest BCUT2D eigenvalue weighted by atomic mass is 9.90. The molecule has 2 heterocycles. The van der Waals surface area contributed by atoms with Crippen LogP contribution >= 0.6 is 0 Å². The Kier molecular flexibility index (Phi) is 4.56. The predicted octanol–water partition coefficient (Wildman–Crippen LogP) is 4.49. The van der Waals surface area contributed by atoms with E-state index in [-0.39, 0.29) is 11.7 Å². The van der Waals surface area contributed by atoms with Gasteiger partial charge in [-0.3, -0.25) is 0 Å². The fraction of sp³-hybridized carbons (Fsp3) is 0.333. The highest BCUT2D eigenvalue weighted by molar-refractivity contribution is 7.89. The van der Waals surface area contributed by atoms with E-state index in [0.717, 1.165) is 40.4 Å². The largest absolute Gasteiger partial charge is 0.361 e. The minimum atomic E-state index is -3.48. The second kappa shape index (κ2) is 6.77. The fourth-order valence-electron chi connectivity index (χ4n) is 3.88. The van der Waals surface area contributed by atoms with Crippen LogP contribution in [-0.4, -0.2) is 30.8 Å². The van der Waals surface area contributed by atoms with Gasteiger partial charge in [0.2, 0.25) is 10.0 Å². The van der Waals surface area contributed by atoms with Crippen molar-refractivity contribution in [1.29, 1.82) is 0 Å². The number of piperidine rings is 1. The van der Waals surface area contributed by atoms with Gasteiger partial charge in [-0.05, 0) is 79.6 Å². The van der Waals surface area contributed by atoms with E-state index < -0.39 is 10.0 Å². The molecule has 1 aliphatic rings. The summed E-state index contributed by atoms with van der Waals surface area (Å²) in [7, 11) is -3.48. The number of aryl methyl sites for hydroxylation is 2. The van der Waals surface area contributed by atoms with Gasteiger partial charge in [-0.15, -0.1) is 0 Å². The van der Waals surface area contributed by atoms with Crippen molar-refractivity contribution in [3.8, 4) is 0 Å². The molecule has 0 bridgehead atoms. The van der Waals surface area contributed by atoms with Crippen LogP contribution in [-0.2, 0) is 10.0 Å². The number of nitrogens with zero attached hydrogens (tertiary/aromatic N) is 1. The van der Waals surface area contributed by atoms with Crippen LogP contribution in [0.1, 0.15) is 35.4 Å². The zero-order valence-electron chi connectivity index (χ0n) is 15.5. The summed E-state index contributed by atoms with van der Waals surface area (Å²) in [6.45, 7) is 4.85. The van der Waals surface area contributed by atoms with Gasteiger partial charge in [-0.25, -0.2) is 12.8 Å². The Bertz CT molecular complexity index is 1100. The summed E-state index contributed by atoms with van der Waals surface area (Å²) in [5, 5.41) is 0.894. The van der Waals surface area contributed by atoms with Crippen LogP contribution in [0.25, 0.3) is 10.9 Å². The van der Waals surface area contributed by atoms with Crippen molar-refractivity contribution in [2.75, 3.05) is 13.1 Å². The van der Waals surface area contributed by atoms with Crippen molar-refractivity contribution in [3.63, 3.8) is 0 Å². The maximum Gasteiger partial charge on any atom is 0.243 e.